The Balaban J connectivity index is 2.11. The average molecular weight is 754 g/mol. The van der Waals surface area contributed by atoms with Crippen molar-refractivity contribution in [1.29, 1.82) is 0 Å². The average Bonchev–Trinajstić information content (AvgIpc) is 2.65. The second-order valence-electron chi connectivity index (χ2n) is 7.85. The van der Waals surface area contributed by atoms with Crippen LogP contribution < -0.4 is 0 Å². The minimum Gasteiger partial charge on any atom is -0.481 e. The number of carboxylic acid groups (broad SMARTS) is 2. The zero-order valence-electron chi connectivity index (χ0n) is 17.5. The fourth-order valence-corrected chi connectivity index (χ4v) is 8.00. The number of halogens is 3. The van der Waals surface area contributed by atoms with Crippen molar-refractivity contribution in [1.82, 2.24) is 0 Å². The summed E-state index contributed by atoms with van der Waals surface area (Å²) in [5.74, 6) is -1.81. The third-order valence-electron chi connectivity index (χ3n) is 5.32. The summed E-state index contributed by atoms with van der Waals surface area (Å²) in [6.07, 6.45) is 14.7. The number of hydrogen-bond acceptors (Lipinski definition) is 2. The van der Waals surface area contributed by atoms with Gasteiger partial charge in [-0.05, 0) is 98.3 Å². The zero-order valence-corrected chi connectivity index (χ0v) is 23.9. The van der Waals surface area contributed by atoms with Gasteiger partial charge in [-0.15, -0.1) is 0 Å². The van der Waals surface area contributed by atoms with Crippen molar-refractivity contribution in [2.75, 3.05) is 0 Å². The van der Waals surface area contributed by atoms with Gasteiger partial charge >= 0.3 is 11.9 Å². The van der Waals surface area contributed by atoms with Crippen molar-refractivity contribution in [3.05, 3.63) is 28.4 Å². The molecule has 170 valence electrons. The van der Waals surface area contributed by atoms with Crippen LogP contribution in [0.4, 0.5) is 0 Å². The monoisotopic (exact) mass is 754 g/mol. The molecule has 1 aromatic rings. The first-order valence-electron chi connectivity index (χ1n) is 10.9. The zero-order chi connectivity index (χ0) is 22.4. The molecule has 4 nitrogen and oxygen atoms in total. The molecular formula is C23H33I3O4. The Labute approximate surface area is 221 Å². The number of aliphatic carboxylic acids is 2. The lowest BCUT2D eigenvalue weighted by Gasteiger charge is -2.17. The van der Waals surface area contributed by atoms with Crippen molar-refractivity contribution in [3.63, 3.8) is 0 Å². The van der Waals surface area contributed by atoms with E-state index in [1.165, 1.54) is 44.9 Å². The third kappa shape index (κ3) is 12.4. The Kier molecular flexibility index (Phi) is 16.0. The Hall–Kier alpha value is 0.350. The number of hydrogen-bond donors (Lipinski definition) is 2. The molecule has 1 atom stereocenters. The van der Waals surface area contributed by atoms with Crippen LogP contribution in [0.15, 0.2) is 12.1 Å². The first kappa shape index (κ1) is 28.4. The Morgan fingerprint density at radius 1 is 0.700 bits per heavy atom. The molecule has 0 amide bonds. The van der Waals surface area contributed by atoms with E-state index in [1.807, 2.05) is 0 Å². The maximum atomic E-state index is 11.8. The van der Waals surface area contributed by atoms with Crippen LogP contribution >= 0.6 is 67.8 Å². The molecule has 0 saturated carbocycles. The minimum atomic E-state index is -0.713. The van der Waals surface area contributed by atoms with Gasteiger partial charge in [0, 0.05) is 17.1 Å². The summed E-state index contributed by atoms with van der Waals surface area (Å²) in [6.45, 7) is 0. The standard InChI is InChI=1S/C23H33I3O4/c24-17-15-19(25)22(20(26)16-17)18(23(29)30)13-11-9-7-5-3-1-2-4-6-8-10-12-14-21(27)28/h15-16,18H,1-14H2,(H,27,28)(H,29,30). The predicted octanol–water partition coefficient (Wildman–Crippen LogP) is 8.21. The highest BCUT2D eigenvalue weighted by molar-refractivity contribution is 14.1. The second-order valence-corrected chi connectivity index (χ2v) is 11.4. The normalized spacial score (nSPS) is 12.1. The lowest BCUT2D eigenvalue weighted by Crippen LogP contribution is -2.15. The van der Waals surface area contributed by atoms with E-state index >= 15 is 0 Å². The van der Waals surface area contributed by atoms with E-state index in [4.69, 9.17) is 5.11 Å². The van der Waals surface area contributed by atoms with Crippen LogP contribution in [-0.2, 0) is 9.59 Å². The van der Waals surface area contributed by atoms with Crippen LogP contribution in [0.3, 0.4) is 0 Å². The van der Waals surface area contributed by atoms with Gasteiger partial charge in [0.1, 0.15) is 0 Å². The summed E-state index contributed by atoms with van der Waals surface area (Å²) in [7, 11) is 0. The number of rotatable bonds is 17. The van der Waals surface area contributed by atoms with Gasteiger partial charge in [0.2, 0.25) is 0 Å². The van der Waals surface area contributed by atoms with Crippen molar-refractivity contribution in [2.45, 2.75) is 95.8 Å². The second kappa shape index (κ2) is 16.9. The molecule has 1 unspecified atom stereocenters. The summed E-state index contributed by atoms with van der Waals surface area (Å²) in [5.41, 5.74) is 0.979. The van der Waals surface area contributed by atoms with Gasteiger partial charge in [0.25, 0.3) is 0 Å². The molecule has 0 aliphatic heterocycles. The molecule has 0 radical (unpaired) electrons. The van der Waals surface area contributed by atoms with Crippen LogP contribution in [0.25, 0.3) is 0 Å². The van der Waals surface area contributed by atoms with E-state index in [9.17, 15) is 14.7 Å². The first-order valence-corrected chi connectivity index (χ1v) is 14.2. The predicted molar refractivity (Wildman–Crippen MR) is 147 cm³/mol. The summed E-state index contributed by atoms with van der Waals surface area (Å²) < 4.78 is 3.25. The van der Waals surface area contributed by atoms with E-state index in [0.717, 1.165) is 48.4 Å². The Morgan fingerprint density at radius 3 is 1.50 bits per heavy atom. The summed E-state index contributed by atoms with van der Waals surface area (Å²) in [6, 6.07) is 4.12. The number of benzene rings is 1. The summed E-state index contributed by atoms with van der Waals surface area (Å²) >= 11 is 6.81. The summed E-state index contributed by atoms with van der Waals surface area (Å²) in [4.78, 5) is 22.3. The molecule has 0 aliphatic carbocycles. The molecule has 0 heterocycles. The summed E-state index contributed by atoms with van der Waals surface area (Å²) in [5, 5.41) is 18.3. The number of unbranched alkanes of at least 4 members (excludes halogenated alkanes) is 11. The van der Waals surface area contributed by atoms with Crippen LogP contribution in [-0.4, -0.2) is 22.2 Å². The van der Waals surface area contributed by atoms with E-state index in [0.29, 0.717) is 12.8 Å². The maximum absolute atomic E-state index is 11.8. The largest absolute Gasteiger partial charge is 0.481 e. The highest BCUT2D eigenvalue weighted by atomic mass is 127. The molecule has 0 spiro atoms. The van der Waals surface area contributed by atoms with Gasteiger partial charge < -0.3 is 10.2 Å². The van der Waals surface area contributed by atoms with E-state index in [2.05, 4.69) is 79.9 Å². The molecule has 30 heavy (non-hydrogen) atoms. The van der Waals surface area contributed by atoms with Crippen molar-refractivity contribution in [2.24, 2.45) is 0 Å². The van der Waals surface area contributed by atoms with Gasteiger partial charge in [0.15, 0.2) is 0 Å². The first-order chi connectivity index (χ1) is 14.3. The number of carbonyl (C=O) groups is 2. The molecule has 7 heteroatoms. The lowest BCUT2D eigenvalue weighted by atomic mass is 9.93. The Morgan fingerprint density at radius 2 is 1.10 bits per heavy atom. The van der Waals surface area contributed by atoms with Crippen LogP contribution in [0, 0.1) is 10.7 Å². The van der Waals surface area contributed by atoms with Crippen LogP contribution in [0.5, 0.6) is 0 Å². The highest BCUT2D eigenvalue weighted by Gasteiger charge is 2.24. The molecule has 1 rings (SSSR count). The fourth-order valence-electron chi connectivity index (χ4n) is 3.67. The molecule has 0 fully saturated rings. The lowest BCUT2D eigenvalue weighted by molar-refractivity contribution is -0.139. The third-order valence-corrected chi connectivity index (χ3v) is 7.73. The maximum Gasteiger partial charge on any atom is 0.311 e. The molecule has 0 aliphatic rings. The smallest absolute Gasteiger partial charge is 0.311 e. The quantitative estimate of drug-likeness (QED) is 0.124. The molecule has 1 aromatic carbocycles. The van der Waals surface area contributed by atoms with Crippen molar-refractivity contribution < 1.29 is 19.8 Å². The van der Waals surface area contributed by atoms with Crippen LogP contribution in [0.1, 0.15) is 101 Å². The van der Waals surface area contributed by atoms with Crippen molar-refractivity contribution >= 4 is 79.7 Å². The molecule has 2 N–H and O–H groups in total. The highest BCUT2D eigenvalue weighted by Crippen LogP contribution is 2.32. The van der Waals surface area contributed by atoms with Gasteiger partial charge in [-0.1, -0.05) is 70.6 Å². The molecular weight excluding hydrogens is 721 g/mol. The fraction of sp³-hybridized carbons (Fsp3) is 0.652. The van der Waals surface area contributed by atoms with Gasteiger partial charge in [-0.2, -0.15) is 0 Å². The topological polar surface area (TPSA) is 74.6 Å². The number of carboxylic acids is 2. The van der Waals surface area contributed by atoms with E-state index < -0.39 is 17.9 Å². The molecule has 0 bridgehead atoms. The molecule has 0 saturated heterocycles. The van der Waals surface area contributed by atoms with Gasteiger partial charge in [-0.25, -0.2) is 0 Å². The van der Waals surface area contributed by atoms with E-state index in [1.54, 1.807) is 0 Å². The van der Waals surface area contributed by atoms with E-state index in [-0.39, 0.29) is 0 Å². The Bertz CT molecular complexity index is 641. The van der Waals surface area contributed by atoms with Crippen LogP contribution in [0.2, 0.25) is 0 Å². The van der Waals surface area contributed by atoms with Gasteiger partial charge in [-0.3, -0.25) is 9.59 Å². The van der Waals surface area contributed by atoms with Crippen molar-refractivity contribution in [3.8, 4) is 0 Å². The SMILES string of the molecule is O=C(O)CCCCCCCCCCCCCCC(C(=O)O)c1c(I)cc(I)cc1I. The molecule has 0 aromatic heterocycles. The van der Waals surface area contributed by atoms with Gasteiger partial charge in [0.05, 0.1) is 5.92 Å². The minimum absolute atomic E-state index is 0.302.